The third-order valence-electron chi connectivity index (χ3n) is 4.42. The highest BCUT2D eigenvalue weighted by atomic mass is 32.2. The third-order valence-corrected chi connectivity index (χ3v) is 6.39. The van der Waals surface area contributed by atoms with Gasteiger partial charge in [0.05, 0.1) is 12.1 Å². The molecule has 1 aliphatic heterocycles. The van der Waals surface area contributed by atoms with Crippen LogP contribution in [0.1, 0.15) is 29.6 Å². The summed E-state index contributed by atoms with van der Waals surface area (Å²) in [5.41, 5.74) is 2.06. The van der Waals surface area contributed by atoms with E-state index in [1.165, 1.54) is 8.61 Å². The van der Waals surface area contributed by atoms with E-state index in [4.69, 9.17) is 0 Å². The van der Waals surface area contributed by atoms with E-state index >= 15 is 0 Å². The van der Waals surface area contributed by atoms with Gasteiger partial charge >= 0.3 is 0 Å². The fourth-order valence-electron chi connectivity index (χ4n) is 3.08. The normalized spacial score (nSPS) is 25.9. The number of hydrogen-bond donors (Lipinski definition) is 0. The van der Waals surface area contributed by atoms with Crippen LogP contribution >= 0.6 is 0 Å². The van der Waals surface area contributed by atoms with Crippen molar-refractivity contribution in [3.63, 3.8) is 0 Å². The van der Waals surface area contributed by atoms with Crippen LogP contribution in [-0.2, 0) is 10.2 Å². The molecule has 0 bridgehead atoms. The van der Waals surface area contributed by atoms with Crippen molar-refractivity contribution in [2.75, 3.05) is 14.1 Å². The molecular weight excluding hydrogens is 296 g/mol. The average Bonchev–Trinajstić information content (AvgIpc) is 2.55. The van der Waals surface area contributed by atoms with E-state index in [9.17, 15) is 8.42 Å². The van der Waals surface area contributed by atoms with Crippen LogP contribution in [0, 0.1) is 0 Å². The Morgan fingerprint density at radius 1 is 0.773 bits per heavy atom. The molecule has 116 valence electrons. The fraction of sp³-hybridized carbons (Fsp3) is 0.294. The van der Waals surface area contributed by atoms with E-state index in [1.807, 2.05) is 60.7 Å². The lowest BCUT2D eigenvalue weighted by molar-refractivity contribution is 0.209. The van der Waals surface area contributed by atoms with E-state index in [2.05, 4.69) is 0 Å². The lowest BCUT2D eigenvalue weighted by atomic mass is 9.95. The summed E-state index contributed by atoms with van der Waals surface area (Å²) < 4.78 is 28.4. The minimum Gasteiger partial charge on any atom is -0.195 e. The highest BCUT2D eigenvalue weighted by Crippen LogP contribution is 2.41. The van der Waals surface area contributed by atoms with Crippen molar-refractivity contribution < 1.29 is 8.42 Å². The Hall–Kier alpha value is -1.69. The largest absolute Gasteiger partial charge is 0.282 e. The van der Waals surface area contributed by atoms with Gasteiger partial charge in [0.15, 0.2) is 0 Å². The van der Waals surface area contributed by atoms with Crippen LogP contribution in [0.15, 0.2) is 60.7 Å². The van der Waals surface area contributed by atoms with Crippen LogP contribution in [0.4, 0.5) is 0 Å². The molecule has 0 spiro atoms. The molecule has 1 fully saturated rings. The smallest absolute Gasteiger partial charge is 0.195 e. The molecule has 3 rings (SSSR count). The third kappa shape index (κ3) is 2.56. The molecule has 0 aliphatic carbocycles. The van der Waals surface area contributed by atoms with Gasteiger partial charge in [-0.15, -0.1) is 0 Å². The van der Waals surface area contributed by atoms with E-state index < -0.39 is 10.2 Å². The molecule has 2 aromatic rings. The van der Waals surface area contributed by atoms with Gasteiger partial charge in [0.2, 0.25) is 0 Å². The molecule has 0 N–H and O–H groups in total. The van der Waals surface area contributed by atoms with Gasteiger partial charge in [0.25, 0.3) is 10.2 Å². The first kappa shape index (κ1) is 15.2. The molecule has 0 unspecified atom stereocenters. The zero-order valence-corrected chi connectivity index (χ0v) is 13.6. The summed E-state index contributed by atoms with van der Waals surface area (Å²) >= 11 is 0. The maximum absolute atomic E-state index is 12.7. The Balaban J connectivity index is 2.03. The minimum absolute atomic E-state index is 0.146. The van der Waals surface area contributed by atoms with Gasteiger partial charge < -0.3 is 0 Å². The summed E-state index contributed by atoms with van der Waals surface area (Å²) in [5.74, 6) is 0. The molecule has 0 amide bonds. The summed E-state index contributed by atoms with van der Waals surface area (Å²) in [4.78, 5) is 0. The van der Waals surface area contributed by atoms with Crippen molar-refractivity contribution in [2.24, 2.45) is 0 Å². The molecule has 2 atom stereocenters. The molecular formula is C17H20N2O2S. The number of nitrogens with zero attached hydrogens (tertiary/aromatic N) is 2. The molecule has 1 heterocycles. The monoisotopic (exact) mass is 316 g/mol. The van der Waals surface area contributed by atoms with Crippen LogP contribution in [-0.4, -0.2) is 31.1 Å². The van der Waals surface area contributed by atoms with Gasteiger partial charge in [-0.05, 0) is 17.5 Å². The van der Waals surface area contributed by atoms with Crippen LogP contribution in [0.25, 0.3) is 0 Å². The second-order valence-corrected chi connectivity index (χ2v) is 7.68. The predicted octanol–water partition coefficient (Wildman–Crippen LogP) is 2.98. The Morgan fingerprint density at radius 3 is 1.50 bits per heavy atom. The standard InChI is InChI=1S/C17H20N2O2S/c1-18-16(14-9-5-3-6-10-14)13-17(19(2)22(18,20)21)15-11-7-4-8-12-15/h3-12,16-17H,13H2,1-2H3/t16-,17+. The van der Waals surface area contributed by atoms with Crippen molar-refractivity contribution in [2.45, 2.75) is 18.5 Å². The van der Waals surface area contributed by atoms with Crippen molar-refractivity contribution >= 4 is 10.2 Å². The molecule has 2 aromatic carbocycles. The molecule has 4 nitrogen and oxygen atoms in total. The zero-order chi connectivity index (χ0) is 15.7. The molecule has 5 heteroatoms. The molecule has 1 saturated heterocycles. The molecule has 22 heavy (non-hydrogen) atoms. The lowest BCUT2D eigenvalue weighted by Gasteiger charge is -2.42. The Labute approximate surface area is 132 Å². The number of rotatable bonds is 2. The van der Waals surface area contributed by atoms with Gasteiger partial charge in [-0.2, -0.15) is 17.0 Å². The summed E-state index contributed by atoms with van der Waals surface area (Å²) in [6.07, 6.45) is 0.736. The average molecular weight is 316 g/mol. The van der Waals surface area contributed by atoms with Gasteiger partial charge in [0.1, 0.15) is 0 Å². The molecule has 1 aliphatic rings. The van der Waals surface area contributed by atoms with Crippen LogP contribution in [0.5, 0.6) is 0 Å². The van der Waals surface area contributed by atoms with Crippen LogP contribution < -0.4 is 0 Å². The van der Waals surface area contributed by atoms with Gasteiger partial charge in [-0.1, -0.05) is 60.7 Å². The summed E-state index contributed by atoms with van der Waals surface area (Å²) in [7, 11) is -0.153. The first-order valence-electron chi connectivity index (χ1n) is 7.32. The second-order valence-electron chi connectivity index (χ2n) is 5.63. The van der Waals surface area contributed by atoms with E-state index in [0.29, 0.717) is 0 Å². The van der Waals surface area contributed by atoms with Gasteiger partial charge in [-0.3, -0.25) is 0 Å². The first-order valence-corrected chi connectivity index (χ1v) is 8.72. The van der Waals surface area contributed by atoms with E-state index in [1.54, 1.807) is 14.1 Å². The van der Waals surface area contributed by atoms with Gasteiger partial charge in [-0.25, -0.2) is 0 Å². The summed E-state index contributed by atoms with van der Waals surface area (Å²) in [6, 6.07) is 19.4. The van der Waals surface area contributed by atoms with Crippen molar-refractivity contribution in [3.8, 4) is 0 Å². The quantitative estimate of drug-likeness (QED) is 0.854. The molecule has 0 saturated carbocycles. The predicted molar refractivity (Wildman–Crippen MR) is 87.4 cm³/mol. The Morgan fingerprint density at radius 2 is 1.14 bits per heavy atom. The van der Waals surface area contributed by atoms with E-state index in [0.717, 1.165) is 17.5 Å². The van der Waals surface area contributed by atoms with Gasteiger partial charge in [0, 0.05) is 14.1 Å². The maximum atomic E-state index is 12.7. The first-order chi connectivity index (χ1) is 10.5. The number of hydrogen-bond acceptors (Lipinski definition) is 2. The van der Waals surface area contributed by atoms with Crippen molar-refractivity contribution in [3.05, 3.63) is 71.8 Å². The maximum Gasteiger partial charge on any atom is 0.282 e. The summed E-state index contributed by atoms with van der Waals surface area (Å²) in [5, 5.41) is 0. The number of benzene rings is 2. The highest BCUT2D eigenvalue weighted by Gasteiger charge is 2.42. The topological polar surface area (TPSA) is 40.6 Å². The molecule has 0 radical (unpaired) electrons. The minimum atomic E-state index is -3.47. The lowest BCUT2D eigenvalue weighted by Crippen LogP contribution is -2.48. The van der Waals surface area contributed by atoms with Crippen LogP contribution in [0.3, 0.4) is 0 Å². The van der Waals surface area contributed by atoms with E-state index in [-0.39, 0.29) is 12.1 Å². The summed E-state index contributed by atoms with van der Waals surface area (Å²) in [6.45, 7) is 0. The zero-order valence-electron chi connectivity index (χ0n) is 12.8. The SMILES string of the molecule is CN1[C@@H](c2ccccc2)C[C@@H](c2ccccc2)N(C)S1(=O)=O. The Kier molecular flexibility index (Phi) is 4.04. The fourth-order valence-corrected chi connectivity index (χ4v) is 4.54. The van der Waals surface area contributed by atoms with Crippen molar-refractivity contribution in [1.29, 1.82) is 0 Å². The highest BCUT2D eigenvalue weighted by molar-refractivity contribution is 7.86. The Bertz CT molecular complexity index is 674. The molecule has 0 aromatic heterocycles. The van der Waals surface area contributed by atoms with Crippen LogP contribution in [0.2, 0.25) is 0 Å². The second kappa shape index (κ2) is 5.83. The van der Waals surface area contributed by atoms with Crippen molar-refractivity contribution in [1.82, 2.24) is 8.61 Å².